The van der Waals surface area contributed by atoms with E-state index >= 15 is 0 Å². The van der Waals surface area contributed by atoms with Gasteiger partial charge in [0.1, 0.15) is 0 Å². The van der Waals surface area contributed by atoms with Crippen LogP contribution in [0.5, 0.6) is 0 Å². The van der Waals surface area contributed by atoms with Gasteiger partial charge in [-0.2, -0.15) is 13.5 Å². The Bertz CT molecular complexity index is 679. The summed E-state index contributed by atoms with van der Waals surface area (Å²) in [6.45, 7) is 3.59. The van der Waals surface area contributed by atoms with Gasteiger partial charge in [0.25, 0.3) is 10.0 Å². The van der Waals surface area contributed by atoms with Gasteiger partial charge in [-0.15, -0.1) is 0 Å². The summed E-state index contributed by atoms with van der Waals surface area (Å²) in [5.41, 5.74) is 1.57. The van der Waals surface area contributed by atoms with Crippen LogP contribution in [-0.4, -0.2) is 24.7 Å². The second kappa shape index (κ2) is 6.06. The van der Waals surface area contributed by atoms with Crippen LogP contribution in [0.4, 0.5) is 5.69 Å². The lowest BCUT2D eigenvalue weighted by atomic mass is 10.2. The molecule has 0 unspecified atom stereocenters. The van der Waals surface area contributed by atoms with Crippen LogP contribution >= 0.6 is 0 Å². The van der Waals surface area contributed by atoms with Crippen molar-refractivity contribution in [3.05, 3.63) is 42.1 Å². The normalized spacial score (nSPS) is 11.5. The fourth-order valence-corrected chi connectivity index (χ4v) is 3.02. The molecule has 0 fully saturated rings. The van der Waals surface area contributed by atoms with Gasteiger partial charge in [-0.3, -0.25) is 9.40 Å². The maximum Gasteiger partial charge on any atom is 0.279 e. The van der Waals surface area contributed by atoms with Gasteiger partial charge in [0.15, 0.2) is 5.03 Å². The molecule has 0 spiro atoms. The van der Waals surface area contributed by atoms with E-state index in [-0.39, 0.29) is 5.03 Å². The largest absolute Gasteiger partial charge is 0.313 e. The minimum atomic E-state index is -3.61. The average molecular weight is 294 g/mol. The summed E-state index contributed by atoms with van der Waals surface area (Å²) in [4.78, 5) is 0. The molecule has 0 atom stereocenters. The minimum absolute atomic E-state index is 0.134. The first-order valence-electron chi connectivity index (χ1n) is 6.33. The molecule has 0 aliphatic carbocycles. The van der Waals surface area contributed by atoms with Crippen LogP contribution in [-0.2, 0) is 23.6 Å². The molecule has 6 nitrogen and oxygen atoms in total. The zero-order valence-corrected chi connectivity index (χ0v) is 12.3. The molecule has 0 amide bonds. The summed E-state index contributed by atoms with van der Waals surface area (Å²) in [6.07, 6.45) is 1.45. The highest BCUT2D eigenvalue weighted by Crippen LogP contribution is 2.16. The summed E-state index contributed by atoms with van der Waals surface area (Å²) in [7, 11) is -2.01. The first kappa shape index (κ1) is 14.5. The van der Waals surface area contributed by atoms with E-state index in [9.17, 15) is 8.42 Å². The van der Waals surface area contributed by atoms with E-state index in [0.29, 0.717) is 12.2 Å². The number of benzene rings is 1. The lowest BCUT2D eigenvalue weighted by molar-refractivity contribution is 0.582. The van der Waals surface area contributed by atoms with Crippen molar-refractivity contribution in [1.82, 2.24) is 15.1 Å². The Morgan fingerprint density at radius 3 is 2.75 bits per heavy atom. The quantitative estimate of drug-likeness (QED) is 0.843. The van der Waals surface area contributed by atoms with Crippen molar-refractivity contribution < 1.29 is 8.42 Å². The third-order valence-corrected chi connectivity index (χ3v) is 4.26. The maximum absolute atomic E-state index is 12.2. The van der Waals surface area contributed by atoms with Gasteiger partial charge in [0.2, 0.25) is 0 Å². The van der Waals surface area contributed by atoms with Crippen LogP contribution in [0.25, 0.3) is 0 Å². The van der Waals surface area contributed by atoms with Crippen LogP contribution in [0.3, 0.4) is 0 Å². The predicted octanol–water partition coefficient (Wildman–Crippen LogP) is 1.33. The lowest BCUT2D eigenvalue weighted by Crippen LogP contribution is -2.17. The van der Waals surface area contributed by atoms with Crippen LogP contribution in [0.15, 0.2) is 41.6 Å². The summed E-state index contributed by atoms with van der Waals surface area (Å²) in [5, 5.41) is 7.20. The predicted molar refractivity (Wildman–Crippen MR) is 77.8 cm³/mol. The Hall–Kier alpha value is -1.86. The summed E-state index contributed by atoms with van der Waals surface area (Å²) in [6, 6.07) is 8.78. The lowest BCUT2D eigenvalue weighted by Gasteiger charge is -2.09. The number of nitrogens with zero attached hydrogens (tertiary/aromatic N) is 2. The minimum Gasteiger partial charge on any atom is -0.313 e. The number of hydrogen-bond donors (Lipinski definition) is 2. The third-order valence-electron chi connectivity index (χ3n) is 2.81. The van der Waals surface area contributed by atoms with Gasteiger partial charge in [-0.05, 0) is 30.3 Å². The van der Waals surface area contributed by atoms with Crippen molar-refractivity contribution in [2.24, 2.45) is 7.05 Å². The number of aromatic nitrogens is 2. The van der Waals surface area contributed by atoms with Crippen molar-refractivity contribution in [1.29, 1.82) is 0 Å². The molecule has 0 aliphatic heterocycles. The van der Waals surface area contributed by atoms with E-state index in [1.165, 1.54) is 16.9 Å². The molecule has 2 aromatic rings. The molecule has 1 aromatic heterocycles. The number of nitrogens with one attached hydrogen (secondary N) is 2. The molecule has 2 N–H and O–H groups in total. The standard InChI is InChI=1S/C13H18N4O2S/c1-3-14-10-11-5-4-6-12(9-11)16-20(18,19)13-7-8-15-17(13)2/h4-9,14,16H,3,10H2,1-2H3. The Morgan fingerprint density at radius 2 is 2.10 bits per heavy atom. The Kier molecular flexibility index (Phi) is 4.41. The monoisotopic (exact) mass is 294 g/mol. The fraction of sp³-hybridized carbons (Fsp3) is 0.308. The number of hydrogen-bond acceptors (Lipinski definition) is 4. The first-order valence-corrected chi connectivity index (χ1v) is 7.81. The van der Waals surface area contributed by atoms with Gasteiger partial charge in [-0.1, -0.05) is 19.1 Å². The number of rotatable bonds is 6. The van der Waals surface area contributed by atoms with E-state index in [1.807, 2.05) is 25.1 Å². The van der Waals surface area contributed by atoms with Crippen molar-refractivity contribution >= 4 is 15.7 Å². The fourth-order valence-electron chi connectivity index (χ4n) is 1.85. The van der Waals surface area contributed by atoms with Gasteiger partial charge >= 0.3 is 0 Å². The van der Waals surface area contributed by atoms with Crippen molar-refractivity contribution in [3.63, 3.8) is 0 Å². The van der Waals surface area contributed by atoms with E-state index in [1.54, 1.807) is 13.1 Å². The van der Waals surface area contributed by atoms with Crippen molar-refractivity contribution in [3.8, 4) is 0 Å². The zero-order chi connectivity index (χ0) is 14.6. The number of anilines is 1. The molecule has 1 heterocycles. The van der Waals surface area contributed by atoms with Crippen LogP contribution in [0.1, 0.15) is 12.5 Å². The van der Waals surface area contributed by atoms with Gasteiger partial charge in [-0.25, -0.2) is 0 Å². The van der Waals surface area contributed by atoms with Crippen molar-refractivity contribution in [2.75, 3.05) is 11.3 Å². The highest BCUT2D eigenvalue weighted by Gasteiger charge is 2.17. The second-order valence-corrected chi connectivity index (χ2v) is 6.01. The Balaban J connectivity index is 2.19. The SMILES string of the molecule is CCNCc1cccc(NS(=O)(=O)c2ccnn2C)c1. The van der Waals surface area contributed by atoms with Crippen LogP contribution in [0, 0.1) is 0 Å². The zero-order valence-electron chi connectivity index (χ0n) is 11.5. The average Bonchev–Trinajstić information content (AvgIpc) is 2.83. The molecule has 20 heavy (non-hydrogen) atoms. The molecule has 108 valence electrons. The molecule has 0 aliphatic rings. The van der Waals surface area contributed by atoms with Crippen molar-refractivity contribution in [2.45, 2.75) is 18.5 Å². The molecule has 0 saturated heterocycles. The summed E-state index contributed by atoms with van der Waals surface area (Å²) >= 11 is 0. The van der Waals surface area contributed by atoms with E-state index < -0.39 is 10.0 Å². The molecular weight excluding hydrogens is 276 g/mol. The second-order valence-electron chi connectivity index (χ2n) is 4.38. The summed E-state index contributed by atoms with van der Waals surface area (Å²) in [5.74, 6) is 0. The maximum atomic E-state index is 12.2. The first-order chi connectivity index (χ1) is 9.53. The van der Waals surface area contributed by atoms with Gasteiger partial charge in [0.05, 0.1) is 6.20 Å². The molecule has 0 bridgehead atoms. The van der Waals surface area contributed by atoms with Crippen LogP contribution < -0.4 is 10.0 Å². The van der Waals surface area contributed by atoms with Crippen LogP contribution in [0.2, 0.25) is 0 Å². The molecule has 0 saturated carbocycles. The number of sulfonamides is 1. The van der Waals surface area contributed by atoms with E-state index in [2.05, 4.69) is 15.1 Å². The molecule has 2 rings (SSSR count). The highest BCUT2D eigenvalue weighted by atomic mass is 32.2. The molecular formula is C13H18N4O2S. The summed E-state index contributed by atoms with van der Waals surface area (Å²) < 4.78 is 28.3. The molecule has 1 aromatic carbocycles. The van der Waals surface area contributed by atoms with E-state index in [0.717, 1.165) is 12.1 Å². The Labute approximate surface area is 118 Å². The molecule has 0 radical (unpaired) electrons. The van der Waals surface area contributed by atoms with E-state index in [4.69, 9.17) is 0 Å². The van der Waals surface area contributed by atoms with Gasteiger partial charge in [0, 0.05) is 19.3 Å². The Morgan fingerprint density at radius 1 is 1.30 bits per heavy atom. The molecule has 7 heteroatoms. The highest BCUT2D eigenvalue weighted by molar-refractivity contribution is 7.92. The third kappa shape index (κ3) is 3.37. The smallest absolute Gasteiger partial charge is 0.279 e. The topological polar surface area (TPSA) is 76.0 Å². The number of aryl methyl sites for hydroxylation is 1. The van der Waals surface area contributed by atoms with Gasteiger partial charge < -0.3 is 5.32 Å².